The van der Waals surface area contributed by atoms with Crippen LogP contribution in [-0.4, -0.2) is 41.1 Å². The molecule has 168 valence electrons. The van der Waals surface area contributed by atoms with E-state index in [4.69, 9.17) is 21.1 Å². The van der Waals surface area contributed by atoms with Crippen LogP contribution in [0.15, 0.2) is 46.3 Å². The molecule has 0 spiro atoms. The summed E-state index contributed by atoms with van der Waals surface area (Å²) in [5.41, 5.74) is 1.29. The first-order chi connectivity index (χ1) is 15.4. The number of methoxy groups -OCH3 is 1. The molecule has 0 aliphatic carbocycles. The minimum absolute atomic E-state index is 0.0167. The van der Waals surface area contributed by atoms with E-state index in [1.165, 1.54) is 31.0 Å². The smallest absolute Gasteiger partial charge is 0.269 e. The van der Waals surface area contributed by atoms with E-state index in [1.54, 1.807) is 35.2 Å². The Bertz CT molecular complexity index is 1100. The highest BCUT2D eigenvalue weighted by molar-refractivity contribution is 8.18. The quantitative estimate of drug-likeness (QED) is 0.298. The number of nitro benzene ring substituents is 1. The zero-order valence-electron chi connectivity index (χ0n) is 17.8. The van der Waals surface area contributed by atoms with Crippen LogP contribution in [0.3, 0.4) is 0 Å². The standard InChI is InChI=1S/C22H22ClN3O5S/c1-4-24-22-25(5-2)21(27)19(32-22)12-15-10-17(23)20(18(11-15)30-3)31-13-14-7-6-8-16(9-14)26(28)29/h6-12H,4-5,13H2,1-3H3/b19-12+,24-22?. The fraction of sp³-hybridized carbons (Fsp3) is 0.273. The van der Waals surface area contributed by atoms with E-state index >= 15 is 0 Å². The van der Waals surface area contributed by atoms with Crippen molar-refractivity contribution in [1.29, 1.82) is 0 Å². The number of rotatable bonds is 8. The van der Waals surface area contributed by atoms with Gasteiger partial charge in [-0.1, -0.05) is 23.7 Å². The molecule has 2 aromatic rings. The predicted octanol–water partition coefficient (Wildman–Crippen LogP) is 5.15. The van der Waals surface area contributed by atoms with E-state index in [0.717, 1.165) is 0 Å². The molecule has 1 heterocycles. The Balaban J connectivity index is 1.85. The van der Waals surface area contributed by atoms with Gasteiger partial charge in [0.2, 0.25) is 0 Å². The number of carbonyl (C=O) groups excluding carboxylic acids is 1. The van der Waals surface area contributed by atoms with Crippen molar-refractivity contribution >= 4 is 46.2 Å². The molecule has 0 saturated carbocycles. The predicted molar refractivity (Wildman–Crippen MR) is 126 cm³/mol. The van der Waals surface area contributed by atoms with Crippen LogP contribution in [0.2, 0.25) is 5.02 Å². The van der Waals surface area contributed by atoms with Crippen molar-refractivity contribution in [3.63, 3.8) is 0 Å². The fourth-order valence-corrected chi connectivity index (χ4v) is 4.45. The van der Waals surface area contributed by atoms with Gasteiger partial charge in [0.15, 0.2) is 16.7 Å². The highest BCUT2D eigenvalue weighted by atomic mass is 35.5. The largest absolute Gasteiger partial charge is 0.493 e. The van der Waals surface area contributed by atoms with Gasteiger partial charge in [-0.2, -0.15) is 0 Å². The van der Waals surface area contributed by atoms with Crippen LogP contribution in [-0.2, 0) is 11.4 Å². The van der Waals surface area contributed by atoms with Gasteiger partial charge in [0, 0.05) is 25.2 Å². The summed E-state index contributed by atoms with van der Waals surface area (Å²) in [6.45, 7) is 5.03. The summed E-state index contributed by atoms with van der Waals surface area (Å²) in [5, 5.41) is 11.9. The molecule has 1 aliphatic heterocycles. The molecule has 0 atom stereocenters. The molecule has 2 aromatic carbocycles. The van der Waals surface area contributed by atoms with Gasteiger partial charge in [-0.3, -0.25) is 24.8 Å². The Kier molecular flexibility index (Phi) is 7.76. The number of ether oxygens (including phenoxy) is 2. The van der Waals surface area contributed by atoms with Crippen LogP contribution in [0, 0.1) is 10.1 Å². The van der Waals surface area contributed by atoms with Crippen LogP contribution in [0.4, 0.5) is 5.69 Å². The first-order valence-electron chi connectivity index (χ1n) is 9.87. The topological polar surface area (TPSA) is 94.3 Å². The lowest BCUT2D eigenvalue weighted by molar-refractivity contribution is -0.384. The SMILES string of the molecule is CCN=C1S/C(=C/c2cc(Cl)c(OCc3cccc([N+](=O)[O-])c3)c(OC)c2)C(=O)N1CC. The molecule has 1 fully saturated rings. The van der Waals surface area contributed by atoms with Gasteiger partial charge >= 0.3 is 0 Å². The third-order valence-corrected chi connectivity index (χ3v) is 5.88. The molecular formula is C22H22ClN3O5S. The average molecular weight is 476 g/mol. The van der Waals surface area contributed by atoms with Gasteiger partial charge in [0.1, 0.15) is 6.61 Å². The summed E-state index contributed by atoms with van der Waals surface area (Å²) in [7, 11) is 1.49. The van der Waals surface area contributed by atoms with Crippen LogP contribution in [0.5, 0.6) is 11.5 Å². The molecule has 8 nitrogen and oxygen atoms in total. The number of non-ortho nitro benzene ring substituents is 1. The molecule has 10 heteroatoms. The molecular weight excluding hydrogens is 454 g/mol. The number of hydrogen-bond donors (Lipinski definition) is 0. The van der Waals surface area contributed by atoms with Gasteiger partial charge in [-0.25, -0.2) is 0 Å². The average Bonchev–Trinajstić information content (AvgIpc) is 3.06. The Hall–Kier alpha value is -3.04. The van der Waals surface area contributed by atoms with Gasteiger partial charge in [-0.15, -0.1) is 0 Å². The lowest BCUT2D eigenvalue weighted by Gasteiger charge is -2.13. The second kappa shape index (κ2) is 10.5. The third kappa shape index (κ3) is 5.23. The van der Waals surface area contributed by atoms with Gasteiger partial charge in [0.25, 0.3) is 11.6 Å². The number of amides is 1. The second-order valence-corrected chi connectivity index (χ2v) is 8.08. The molecule has 1 aliphatic rings. The van der Waals surface area contributed by atoms with E-state index in [1.807, 2.05) is 13.8 Å². The summed E-state index contributed by atoms with van der Waals surface area (Å²) >= 11 is 7.77. The van der Waals surface area contributed by atoms with E-state index in [0.29, 0.717) is 50.8 Å². The van der Waals surface area contributed by atoms with Crippen molar-refractivity contribution in [1.82, 2.24) is 4.90 Å². The van der Waals surface area contributed by atoms with E-state index in [9.17, 15) is 14.9 Å². The van der Waals surface area contributed by atoms with Crippen LogP contribution < -0.4 is 9.47 Å². The van der Waals surface area contributed by atoms with Gasteiger partial charge < -0.3 is 9.47 Å². The summed E-state index contributed by atoms with van der Waals surface area (Å²) in [5.74, 6) is 0.599. The number of amidine groups is 1. The highest BCUT2D eigenvalue weighted by Gasteiger charge is 2.32. The number of hydrogen-bond acceptors (Lipinski definition) is 7. The molecule has 0 aromatic heterocycles. The third-order valence-electron chi connectivity index (χ3n) is 4.55. The summed E-state index contributed by atoms with van der Waals surface area (Å²) in [6.07, 6.45) is 1.74. The van der Waals surface area contributed by atoms with Crippen molar-refractivity contribution in [3.8, 4) is 11.5 Å². The normalized spacial score (nSPS) is 16.1. The number of carbonyl (C=O) groups is 1. The minimum atomic E-state index is -0.460. The van der Waals surface area contributed by atoms with Gasteiger partial charge in [-0.05, 0) is 54.9 Å². The number of thioether (sulfide) groups is 1. The summed E-state index contributed by atoms with van der Waals surface area (Å²) in [4.78, 5) is 29.8. The van der Waals surface area contributed by atoms with Crippen molar-refractivity contribution in [2.45, 2.75) is 20.5 Å². The summed E-state index contributed by atoms with van der Waals surface area (Å²) in [6, 6.07) is 9.58. The second-order valence-electron chi connectivity index (χ2n) is 6.67. The molecule has 3 rings (SSSR count). The summed E-state index contributed by atoms with van der Waals surface area (Å²) < 4.78 is 11.2. The lowest BCUT2D eigenvalue weighted by atomic mass is 10.1. The molecule has 0 unspecified atom stereocenters. The maximum Gasteiger partial charge on any atom is 0.269 e. The fourth-order valence-electron chi connectivity index (χ4n) is 3.07. The first-order valence-corrected chi connectivity index (χ1v) is 11.1. The highest BCUT2D eigenvalue weighted by Crippen LogP contribution is 2.39. The van der Waals surface area contributed by atoms with Crippen LogP contribution in [0.1, 0.15) is 25.0 Å². The maximum atomic E-state index is 12.7. The molecule has 1 amide bonds. The van der Waals surface area contributed by atoms with E-state index in [-0.39, 0.29) is 18.2 Å². The number of likely N-dealkylation sites (N-methyl/N-ethyl adjacent to an activating group) is 1. The van der Waals surface area contributed by atoms with Crippen molar-refractivity contribution in [3.05, 3.63) is 67.6 Å². The lowest BCUT2D eigenvalue weighted by Crippen LogP contribution is -2.28. The maximum absolute atomic E-state index is 12.7. The number of aliphatic imine (C=N–C) groups is 1. The Morgan fingerprint density at radius 1 is 1.28 bits per heavy atom. The van der Waals surface area contributed by atoms with E-state index < -0.39 is 4.92 Å². The van der Waals surface area contributed by atoms with Crippen LogP contribution >= 0.6 is 23.4 Å². The van der Waals surface area contributed by atoms with E-state index in [2.05, 4.69) is 4.99 Å². The molecule has 32 heavy (non-hydrogen) atoms. The van der Waals surface area contributed by atoms with Crippen molar-refractivity contribution in [2.24, 2.45) is 4.99 Å². The number of nitrogens with zero attached hydrogens (tertiary/aromatic N) is 3. The zero-order valence-corrected chi connectivity index (χ0v) is 19.4. The monoisotopic (exact) mass is 475 g/mol. The Morgan fingerprint density at radius 3 is 2.72 bits per heavy atom. The first kappa shape index (κ1) is 23.6. The van der Waals surface area contributed by atoms with Crippen molar-refractivity contribution < 1.29 is 19.2 Å². The van der Waals surface area contributed by atoms with Crippen molar-refractivity contribution in [2.75, 3.05) is 20.2 Å². The molecule has 0 N–H and O–H groups in total. The molecule has 0 bridgehead atoms. The zero-order chi connectivity index (χ0) is 23.3. The number of halogens is 1. The van der Waals surface area contributed by atoms with Gasteiger partial charge in [0.05, 0.1) is 22.0 Å². The Morgan fingerprint density at radius 2 is 2.06 bits per heavy atom. The van der Waals surface area contributed by atoms with Crippen LogP contribution in [0.25, 0.3) is 6.08 Å². The number of benzene rings is 2. The minimum Gasteiger partial charge on any atom is -0.493 e. The Labute approximate surface area is 195 Å². The number of nitro groups is 1. The molecule has 0 radical (unpaired) electrons. The molecule has 1 saturated heterocycles.